The molecular weight excluding hydrogens is 268 g/mol. The van der Waals surface area contributed by atoms with Gasteiger partial charge in [-0.15, -0.1) is 0 Å². The van der Waals surface area contributed by atoms with Crippen LogP contribution >= 0.6 is 0 Å². The third kappa shape index (κ3) is 3.60. The highest BCUT2D eigenvalue weighted by atomic mass is 16.4. The molecule has 108 valence electrons. The number of hydrogen-bond donors (Lipinski definition) is 2. The molecule has 5 nitrogen and oxygen atoms in total. The Balaban J connectivity index is 2.33. The molecule has 0 spiro atoms. The number of hydrogen-bond acceptors (Lipinski definition) is 2. The lowest BCUT2D eigenvalue weighted by atomic mass is 10.2. The van der Waals surface area contributed by atoms with Gasteiger partial charge >= 0.3 is 12.0 Å². The van der Waals surface area contributed by atoms with Crippen molar-refractivity contribution in [3.8, 4) is 0 Å². The Hall–Kier alpha value is -2.82. The quantitative estimate of drug-likeness (QED) is 0.906. The van der Waals surface area contributed by atoms with Crippen molar-refractivity contribution in [1.29, 1.82) is 0 Å². The van der Waals surface area contributed by atoms with Gasteiger partial charge in [0.25, 0.3) is 0 Å². The van der Waals surface area contributed by atoms with Gasteiger partial charge in [-0.2, -0.15) is 0 Å². The van der Waals surface area contributed by atoms with E-state index in [1.807, 2.05) is 36.4 Å². The maximum atomic E-state index is 12.4. The molecule has 0 saturated heterocycles. The summed E-state index contributed by atoms with van der Waals surface area (Å²) in [6.45, 7) is 1.42. The smallest absolute Gasteiger partial charge is 0.327 e. The minimum Gasteiger partial charge on any atom is -0.480 e. The van der Waals surface area contributed by atoms with Crippen LogP contribution in [0.1, 0.15) is 6.92 Å². The molecule has 21 heavy (non-hydrogen) atoms. The number of nitrogens with one attached hydrogen (secondary N) is 1. The number of carbonyl (C=O) groups excluding carboxylic acids is 1. The number of benzene rings is 2. The van der Waals surface area contributed by atoms with Crippen molar-refractivity contribution in [2.24, 2.45) is 0 Å². The summed E-state index contributed by atoms with van der Waals surface area (Å²) in [7, 11) is 0. The molecule has 0 aliphatic carbocycles. The van der Waals surface area contributed by atoms with Crippen LogP contribution in [0.2, 0.25) is 0 Å². The molecule has 5 heteroatoms. The molecular formula is C16H16N2O3. The van der Waals surface area contributed by atoms with Crippen LogP contribution in [0.3, 0.4) is 0 Å². The number of carbonyl (C=O) groups is 2. The summed E-state index contributed by atoms with van der Waals surface area (Å²) in [6.07, 6.45) is 0. The second kappa shape index (κ2) is 6.56. The molecule has 0 aliphatic rings. The molecule has 0 aromatic heterocycles. The molecule has 2 aromatic rings. The van der Waals surface area contributed by atoms with Gasteiger partial charge in [0.15, 0.2) is 0 Å². The van der Waals surface area contributed by atoms with Crippen molar-refractivity contribution in [3.05, 3.63) is 60.7 Å². The normalized spacial score (nSPS) is 11.5. The Bertz CT molecular complexity index is 574. The number of rotatable bonds is 4. The summed E-state index contributed by atoms with van der Waals surface area (Å²) in [5.74, 6) is -1.08. The van der Waals surface area contributed by atoms with Crippen LogP contribution in [0.15, 0.2) is 60.7 Å². The number of nitrogens with zero attached hydrogens (tertiary/aromatic N) is 1. The third-order valence-corrected chi connectivity index (χ3v) is 2.94. The van der Waals surface area contributed by atoms with Gasteiger partial charge in [0.1, 0.15) is 6.04 Å². The van der Waals surface area contributed by atoms with Gasteiger partial charge in [-0.1, -0.05) is 36.4 Å². The van der Waals surface area contributed by atoms with E-state index in [1.54, 1.807) is 24.3 Å². The van der Waals surface area contributed by atoms with Gasteiger partial charge in [0.2, 0.25) is 0 Å². The van der Waals surface area contributed by atoms with E-state index in [0.717, 1.165) is 0 Å². The molecule has 0 radical (unpaired) electrons. The highest BCUT2D eigenvalue weighted by Crippen LogP contribution is 2.24. The molecule has 2 rings (SSSR count). The van der Waals surface area contributed by atoms with Gasteiger partial charge in [-0.25, -0.2) is 4.79 Å². The van der Waals surface area contributed by atoms with E-state index >= 15 is 0 Å². The lowest BCUT2D eigenvalue weighted by Crippen LogP contribution is -2.45. The van der Waals surface area contributed by atoms with E-state index in [4.69, 9.17) is 5.11 Å². The van der Waals surface area contributed by atoms with E-state index in [0.29, 0.717) is 11.4 Å². The summed E-state index contributed by atoms with van der Waals surface area (Å²) in [5, 5.41) is 11.4. The van der Waals surface area contributed by atoms with Gasteiger partial charge in [0.05, 0.1) is 11.4 Å². The van der Waals surface area contributed by atoms with Crippen molar-refractivity contribution in [1.82, 2.24) is 5.32 Å². The number of amides is 2. The van der Waals surface area contributed by atoms with Crippen LogP contribution in [0.5, 0.6) is 0 Å². The minimum absolute atomic E-state index is 0.484. The van der Waals surface area contributed by atoms with Crippen LogP contribution in [0.25, 0.3) is 0 Å². The van der Waals surface area contributed by atoms with Crippen molar-refractivity contribution in [3.63, 3.8) is 0 Å². The number of aliphatic carboxylic acids is 1. The predicted molar refractivity (Wildman–Crippen MR) is 80.7 cm³/mol. The molecule has 0 saturated carbocycles. The van der Waals surface area contributed by atoms with E-state index in [2.05, 4.69) is 5.32 Å². The first kappa shape index (κ1) is 14.6. The molecule has 1 atom stereocenters. The van der Waals surface area contributed by atoms with Crippen molar-refractivity contribution in [2.75, 3.05) is 4.90 Å². The van der Waals surface area contributed by atoms with E-state index < -0.39 is 18.0 Å². The second-order valence-corrected chi connectivity index (χ2v) is 4.52. The molecule has 2 amide bonds. The van der Waals surface area contributed by atoms with Gasteiger partial charge in [0, 0.05) is 0 Å². The minimum atomic E-state index is -1.08. The zero-order valence-electron chi connectivity index (χ0n) is 11.6. The molecule has 0 aliphatic heterocycles. The summed E-state index contributed by atoms with van der Waals surface area (Å²) in [5.41, 5.74) is 1.33. The molecule has 0 heterocycles. The van der Waals surface area contributed by atoms with Crippen LogP contribution in [0, 0.1) is 0 Å². The maximum absolute atomic E-state index is 12.4. The molecule has 0 bridgehead atoms. The Morgan fingerprint density at radius 3 is 1.76 bits per heavy atom. The van der Waals surface area contributed by atoms with Crippen LogP contribution in [-0.4, -0.2) is 23.1 Å². The Morgan fingerprint density at radius 2 is 1.38 bits per heavy atom. The first-order valence-electron chi connectivity index (χ1n) is 6.53. The largest absolute Gasteiger partial charge is 0.480 e. The average Bonchev–Trinajstić information content (AvgIpc) is 2.49. The fourth-order valence-electron chi connectivity index (χ4n) is 1.85. The predicted octanol–water partition coefficient (Wildman–Crippen LogP) is 3.01. The fourth-order valence-corrected chi connectivity index (χ4v) is 1.85. The lowest BCUT2D eigenvalue weighted by molar-refractivity contribution is -0.138. The number of para-hydroxylation sites is 2. The fraction of sp³-hybridized carbons (Fsp3) is 0.125. The highest BCUT2D eigenvalue weighted by molar-refractivity contribution is 6.00. The van der Waals surface area contributed by atoms with E-state index in [1.165, 1.54) is 11.8 Å². The van der Waals surface area contributed by atoms with E-state index in [9.17, 15) is 9.59 Å². The molecule has 2 aromatic carbocycles. The molecule has 0 fully saturated rings. The van der Waals surface area contributed by atoms with Crippen molar-refractivity contribution in [2.45, 2.75) is 13.0 Å². The zero-order valence-corrected chi connectivity index (χ0v) is 11.6. The zero-order chi connectivity index (χ0) is 15.2. The van der Waals surface area contributed by atoms with Crippen LogP contribution in [0.4, 0.5) is 16.2 Å². The summed E-state index contributed by atoms with van der Waals surface area (Å²) < 4.78 is 0. The van der Waals surface area contributed by atoms with Crippen molar-refractivity contribution >= 4 is 23.4 Å². The molecule has 2 N–H and O–H groups in total. The topological polar surface area (TPSA) is 69.6 Å². The molecule has 0 unspecified atom stereocenters. The summed E-state index contributed by atoms with van der Waals surface area (Å²) in [6, 6.07) is 16.7. The van der Waals surface area contributed by atoms with Crippen molar-refractivity contribution < 1.29 is 14.7 Å². The summed E-state index contributed by atoms with van der Waals surface area (Å²) >= 11 is 0. The highest BCUT2D eigenvalue weighted by Gasteiger charge is 2.21. The maximum Gasteiger partial charge on any atom is 0.327 e. The number of carboxylic acids is 1. The summed E-state index contributed by atoms with van der Waals surface area (Å²) in [4.78, 5) is 24.8. The Morgan fingerprint density at radius 1 is 0.952 bits per heavy atom. The van der Waals surface area contributed by atoms with Gasteiger partial charge in [-0.05, 0) is 31.2 Å². The van der Waals surface area contributed by atoms with Gasteiger partial charge in [-0.3, -0.25) is 9.69 Å². The SMILES string of the molecule is C[C@H](NC(=O)N(c1ccccc1)c1ccccc1)C(=O)O. The first-order valence-corrected chi connectivity index (χ1v) is 6.53. The number of carboxylic acid groups (broad SMARTS) is 1. The van der Waals surface area contributed by atoms with E-state index in [-0.39, 0.29) is 0 Å². The monoisotopic (exact) mass is 284 g/mol. The number of urea groups is 1. The standard InChI is InChI=1S/C16H16N2O3/c1-12(15(19)20)17-16(21)18(13-8-4-2-5-9-13)14-10-6-3-7-11-14/h2-12H,1H3,(H,17,21)(H,19,20)/t12-/m0/s1. The van der Waals surface area contributed by atoms with Crippen LogP contribution in [-0.2, 0) is 4.79 Å². The number of anilines is 2. The Labute approximate surface area is 122 Å². The third-order valence-electron chi connectivity index (χ3n) is 2.94. The lowest BCUT2D eigenvalue weighted by Gasteiger charge is -2.24. The second-order valence-electron chi connectivity index (χ2n) is 4.52. The van der Waals surface area contributed by atoms with Crippen LogP contribution < -0.4 is 10.2 Å². The average molecular weight is 284 g/mol. The first-order chi connectivity index (χ1) is 10.1. The van der Waals surface area contributed by atoms with Gasteiger partial charge < -0.3 is 10.4 Å². The Kier molecular flexibility index (Phi) is 4.56.